The second-order valence-electron chi connectivity index (χ2n) is 18.9. The van der Waals surface area contributed by atoms with E-state index >= 15 is 0 Å². The summed E-state index contributed by atoms with van der Waals surface area (Å²) in [6.45, 7) is 25.9. The molecule has 9 heteroatoms. The molecule has 8 nitrogen and oxygen atoms in total. The number of aliphatic hydroxyl groups is 2. The molecule has 3 heterocycles. The molecule has 9 atom stereocenters. The van der Waals surface area contributed by atoms with Crippen molar-refractivity contribution in [2.24, 2.45) is 28.6 Å². The molecule has 0 amide bonds. The summed E-state index contributed by atoms with van der Waals surface area (Å²) < 4.78 is 33.0. The van der Waals surface area contributed by atoms with E-state index in [0.29, 0.717) is 17.9 Å². The Labute approximate surface area is 321 Å². The maximum absolute atomic E-state index is 14.9. The summed E-state index contributed by atoms with van der Waals surface area (Å²) in [4.78, 5) is 14.9. The summed E-state index contributed by atoms with van der Waals surface area (Å²) in [6.07, 6.45) is 11.0. The average molecular weight is 758 g/mol. The molecule has 2 saturated carbocycles. The fourth-order valence-corrected chi connectivity index (χ4v) is 14.3. The summed E-state index contributed by atoms with van der Waals surface area (Å²) in [6, 6.07) is 1.76. The number of fused-ring (bicyclic) bond motifs is 11. The Kier molecular flexibility index (Phi) is 8.66. The summed E-state index contributed by atoms with van der Waals surface area (Å²) in [5, 5.41) is 25.1. The minimum atomic E-state index is -3.36. The average Bonchev–Trinajstić information content (AvgIpc) is 3.74. The first-order valence-electron chi connectivity index (χ1n) is 20.2. The van der Waals surface area contributed by atoms with Gasteiger partial charge >= 0.3 is 7.60 Å². The van der Waals surface area contributed by atoms with Gasteiger partial charge in [-0.1, -0.05) is 51.2 Å². The molecule has 1 aromatic heterocycles. The van der Waals surface area contributed by atoms with Crippen LogP contribution in [0.15, 0.2) is 48.3 Å². The van der Waals surface area contributed by atoms with Gasteiger partial charge in [0, 0.05) is 39.2 Å². The third kappa shape index (κ3) is 4.92. The van der Waals surface area contributed by atoms with Crippen molar-refractivity contribution in [1.29, 1.82) is 0 Å². The molecule has 0 bridgehead atoms. The second kappa shape index (κ2) is 12.2. The van der Waals surface area contributed by atoms with Crippen LogP contribution in [0.1, 0.15) is 140 Å². The zero-order valence-electron chi connectivity index (χ0n) is 33.9. The van der Waals surface area contributed by atoms with Crippen molar-refractivity contribution in [2.75, 3.05) is 13.2 Å². The van der Waals surface area contributed by atoms with Crippen LogP contribution in [0.3, 0.4) is 0 Å². The SMILES string of the molecule is C=C(C)[C@H]1C(=O)c2c3c(cc4c5c(n1c24)[C@@]1(C)[C@@H](CC[C@H]2[C@](C)(/C=C/C=C/P(=O)(OCC)OCC)[C@@H](O)CC[C@@]21C)C5)C1=CC(C)(C)OC(C)(C)[C@H]1[C@@H]3O. The van der Waals surface area contributed by atoms with Crippen LogP contribution >= 0.6 is 7.60 Å². The molecule has 0 spiro atoms. The lowest BCUT2D eigenvalue weighted by molar-refractivity contribution is -0.144. The number of carbonyl (C=O) groups is 1. The van der Waals surface area contributed by atoms with E-state index in [1.807, 2.05) is 13.0 Å². The Morgan fingerprint density at radius 3 is 2.39 bits per heavy atom. The monoisotopic (exact) mass is 757 g/mol. The minimum absolute atomic E-state index is 0.0259. The lowest BCUT2D eigenvalue weighted by Gasteiger charge is -2.64. The number of benzene rings is 1. The molecule has 2 aromatic rings. The van der Waals surface area contributed by atoms with E-state index in [0.717, 1.165) is 58.9 Å². The maximum atomic E-state index is 14.9. The number of rotatable bonds is 8. The van der Waals surface area contributed by atoms with Crippen molar-refractivity contribution in [3.8, 4) is 0 Å². The van der Waals surface area contributed by atoms with Gasteiger partial charge in [-0.25, -0.2) is 0 Å². The van der Waals surface area contributed by atoms with Crippen molar-refractivity contribution in [3.05, 3.63) is 76.3 Å². The first-order valence-corrected chi connectivity index (χ1v) is 21.8. The van der Waals surface area contributed by atoms with E-state index < -0.39 is 42.5 Å². The molecule has 1 aromatic carbocycles. The second-order valence-corrected chi connectivity index (χ2v) is 20.8. The molecular formula is C45H60NO7P. The van der Waals surface area contributed by atoms with Gasteiger partial charge in [0.15, 0.2) is 5.78 Å². The minimum Gasteiger partial charge on any atom is -0.392 e. The van der Waals surface area contributed by atoms with E-state index in [-0.39, 0.29) is 41.7 Å². The normalized spacial score (nSPS) is 37.4. The highest BCUT2D eigenvalue weighted by atomic mass is 31.2. The Morgan fingerprint density at radius 2 is 1.74 bits per heavy atom. The van der Waals surface area contributed by atoms with Crippen molar-refractivity contribution in [2.45, 2.75) is 136 Å². The molecule has 2 aliphatic heterocycles. The standard InChI is InChI=1S/C45H60NO7P/c1-12-51-54(50,52-13-2)21-15-14-19-43(9)31-17-16-26-22-29-28-23-27-30-24-41(5,6)53-42(7,8)35(30)38(48)33(27)34-37(28)46(36(25(3)4)39(34)49)40(29)45(26,11)44(31,10)20-18-32(43)47/h14-15,19,21,23-24,26,31-32,35-36,38,47-48H,3,12-13,16-18,20,22H2,1-2,4-11H3/b19-14+,21-15+/t26-,31-,32-,35+,36-,38+,43-,44-,45+/m0/s1. The van der Waals surface area contributed by atoms with E-state index in [4.69, 9.17) is 13.8 Å². The van der Waals surface area contributed by atoms with Gasteiger partial charge in [0.05, 0.1) is 47.7 Å². The molecule has 0 saturated heterocycles. The molecule has 292 valence electrons. The van der Waals surface area contributed by atoms with Crippen LogP contribution in [0.25, 0.3) is 16.5 Å². The van der Waals surface area contributed by atoms with Crippen molar-refractivity contribution < 1.29 is 33.4 Å². The molecular weight excluding hydrogens is 697 g/mol. The van der Waals surface area contributed by atoms with Crippen LogP contribution in [-0.2, 0) is 30.2 Å². The van der Waals surface area contributed by atoms with Gasteiger partial charge in [-0.05, 0) is 127 Å². The molecule has 4 aliphatic carbocycles. The van der Waals surface area contributed by atoms with Gasteiger partial charge in [-0.15, -0.1) is 0 Å². The fraction of sp³-hybridized carbons (Fsp3) is 0.622. The smallest absolute Gasteiger partial charge is 0.354 e. The predicted octanol–water partition coefficient (Wildman–Crippen LogP) is 9.93. The molecule has 2 N–H and O–H groups in total. The Morgan fingerprint density at radius 1 is 1.06 bits per heavy atom. The molecule has 0 radical (unpaired) electrons. The van der Waals surface area contributed by atoms with E-state index in [2.05, 4.69) is 77.8 Å². The predicted molar refractivity (Wildman–Crippen MR) is 214 cm³/mol. The van der Waals surface area contributed by atoms with Crippen molar-refractivity contribution >= 4 is 29.9 Å². The van der Waals surface area contributed by atoms with Gasteiger partial charge in [-0.3, -0.25) is 9.36 Å². The van der Waals surface area contributed by atoms with Gasteiger partial charge in [0.1, 0.15) is 6.04 Å². The molecule has 8 rings (SSSR count). The number of allylic oxidation sites excluding steroid dienone is 3. The first kappa shape index (κ1) is 38.3. The third-order valence-electron chi connectivity index (χ3n) is 15.1. The van der Waals surface area contributed by atoms with E-state index in [9.17, 15) is 19.6 Å². The van der Waals surface area contributed by atoms with Crippen molar-refractivity contribution in [1.82, 2.24) is 4.57 Å². The lowest BCUT2D eigenvalue weighted by atomic mass is 9.40. The number of Topliss-reactive ketones (excluding diaryl/α,β-unsaturated/α-hetero) is 1. The fourth-order valence-electron chi connectivity index (χ4n) is 13.0. The van der Waals surface area contributed by atoms with Gasteiger partial charge < -0.3 is 28.6 Å². The Bertz CT molecular complexity index is 2110. The largest absolute Gasteiger partial charge is 0.392 e. The van der Waals surface area contributed by atoms with E-state index in [1.54, 1.807) is 19.9 Å². The zero-order chi connectivity index (χ0) is 39.1. The number of ether oxygens (including phenoxy) is 1. The molecule has 54 heavy (non-hydrogen) atoms. The van der Waals surface area contributed by atoms with Gasteiger partial charge in [0.25, 0.3) is 0 Å². The van der Waals surface area contributed by atoms with Crippen LogP contribution in [0, 0.1) is 28.6 Å². The van der Waals surface area contributed by atoms with Crippen LogP contribution < -0.4 is 0 Å². The zero-order valence-corrected chi connectivity index (χ0v) is 34.8. The van der Waals surface area contributed by atoms with Crippen molar-refractivity contribution in [3.63, 3.8) is 0 Å². The summed E-state index contributed by atoms with van der Waals surface area (Å²) in [5.41, 5.74) is 5.62. The first-order chi connectivity index (χ1) is 25.2. The highest BCUT2D eigenvalue weighted by Crippen LogP contribution is 2.71. The molecule has 2 fully saturated rings. The highest BCUT2D eigenvalue weighted by molar-refractivity contribution is 7.57. The summed E-state index contributed by atoms with van der Waals surface area (Å²) in [5.74, 6) is 1.79. The number of hydrogen-bond acceptors (Lipinski definition) is 7. The van der Waals surface area contributed by atoms with Crippen LogP contribution in [0.4, 0.5) is 0 Å². The number of hydrogen-bond donors (Lipinski definition) is 2. The summed E-state index contributed by atoms with van der Waals surface area (Å²) >= 11 is 0. The van der Waals surface area contributed by atoms with Gasteiger partial charge in [0.2, 0.25) is 0 Å². The number of ketones is 1. The van der Waals surface area contributed by atoms with Crippen LogP contribution in [-0.4, -0.2) is 51.1 Å². The summed E-state index contributed by atoms with van der Waals surface area (Å²) in [7, 11) is -3.36. The number of aliphatic hydroxyl groups excluding tert-OH is 2. The quantitative estimate of drug-likeness (QED) is 0.157. The Balaban J connectivity index is 1.29. The van der Waals surface area contributed by atoms with Crippen LogP contribution in [0.5, 0.6) is 0 Å². The van der Waals surface area contributed by atoms with Crippen LogP contribution in [0.2, 0.25) is 0 Å². The Hall–Kier alpha value is -2.58. The molecule has 6 aliphatic rings. The van der Waals surface area contributed by atoms with E-state index in [1.165, 1.54) is 17.1 Å². The molecule has 0 unspecified atom stereocenters. The lowest BCUT2D eigenvalue weighted by Crippen LogP contribution is -2.62. The third-order valence-corrected chi connectivity index (χ3v) is 16.8. The topological polar surface area (TPSA) is 107 Å². The number of carbonyl (C=O) groups excluding carboxylic acids is 1. The highest BCUT2D eigenvalue weighted by Gasteiger charge is 2.67. The number of aromatic nitrogens is 1. The van der Waals surface area contributed by atoms with Gasteiger partial charge in [-0.2, -0.15) is 0 Å². The maximum Gasteiger partial charge on any atom is 0.354 e. The number of nitrogens with zero attached hydrogens (tertiary/aromatic N) is 1.